The van der Waals surface area contributed by atoms with Crippen molar-refractivity contribution in [2.75, 3.05) is 25.5 Å². The molecule has 0 radical (unpaired) electrons. The molecule has 10 nitrogen and oxygen atoms in total. The highest BCUT2D eigenvalue weighted by Crippen LogP contribution is 2.31. The number of carbonyl (C=O) groups excluding carboxylic acids is 1. The number of amides is 1. The van der Waals surface area contributed by atoms with E-state index in [4.69, 9.17) is 14.4 Å². The molecule has 1 saturated carbocycles. The van der Waals surface area contributed by atoms with E-state index in [1.165, 1.54) is 4.68 Å². The molecule has 0 saturated heterocycles. The fraction of sp³-hybridized carbons (Fsp3) is 0.429. The lowest BCUT2D eigenvalue weighted by molar-refractivity contribution is -0.126. The highest BCUT2D eigenvalue weighted by atomic mass is 32.2. The van der Waals surface area contributed by atoms with Crippen LogP contribution in [-0.4, -0.2) is 59.2 Å². The smallest absolute Gasteiger partial charge is 0.364 e. The number of hydrogen-bond donors (Lipinski definition) is 2. The van der Waals surface area contributed by atoms with Gasteiger partial charge in [-0.1, -0.05) is 60.2 Å². The van der Waals surface area contributed by atoms with E-state index in [0.717, 1.165) is 42.4 Å². The zero-order valence-electron chi connectivity index (χ0n) is 22.0. The van der Waals surface area contributed by atoms with Gasteiger partial charge in [-0.2, -0.15) is 18.5 Å². The van der Waals surface area contributed by atoms with Crippen LogP contribution >= 0.6 is 0 Å². The van der Waals surface area contributed by atoms with Gasteiger partial charge in [-0.25, -0.2) is 9.48 Å². The summed E-state index contributed by atoms with van der Waals surface area (Å²) in [5.74, 6) is -0.366. The molecule has 3 aromatic rings. The van der Waals surface area contributed by atoms with Gasteiger partial charge in [-0.15, -0.1) is 0 Å². The maximum absolute atomic E-state index is 13.0. The molecule has 1 heterocycles. The van der Waals surface area contributed by atoms with Gasteiger partial charge in [0.2, 0.25) is 5.91 Å². The lowest BCUT2D eigenvalue weighted by Gasteiger charge is -2.28. The van der Waals surface area contributed by atoms with E-state index in [1.54, 1.807) is 0 Å². The molecule has 2 N–H and O–H groups in total. The Morgan fingerprint density at radius 2 is 1.64 bits per heavy atom. The molecule has 0 unspecified atom stereocenters. The van der Waals surface area contributed by atoms with Gasteiger partial charge in [0.25, 0.3) is 10.1 Å². The molecule has 1 fully saturated rings. The Balaban J connectivity index is 1.34. The van der Waals surface area contributed by atoms with Crippen molar-refractivity contribution in [2.24, 2.45) is 11.8 Å². The minimum absolute atomic E-state index is 0.160. The van der Waals surface area contributed by atoms with E-state index >= 15 is 0 Å². The van der Waals surface area contributed by atoms with Crippen LogP contribution in [0.4, 0.5) is 0 Å². The summed E-state index contributed by atoms with van der Waals surface area (Å²) < 4.78 is 37.1. The molecular weight excluding hydrogens is 520 g/mol. The summed E-state index contributed by atoms with van der Waals surface area (Å²) in [6.45, 7) is 2.63. The first-order valence-corrected chi connectivity index (χ1v) is 14.7. The second kappa shape index (κ2) is 13.1. The zero-order valence-corrected chi connectivity index (χ0v) is 22.8. The lowest BCUT2D eigenvalue weighted by Crippen LogP contribution is -2.33. The van der Waals surface area contributed by atoms with Gasteiger partial charge in [0, 0.05) is 24.2 Å². The Labute approximate surface area is 228 Å². The molecular formula is C28H34N4O6S. The van der Waals surface area contributed by atoms with Crippen LogP contribution in [0.15, 0.2) is 59.4 Å². The number of carbonyl (C=O) groups is 1. The quantitative estimate of drug-likeness (QED) is 0.345. The van der Waals surface area contributed by atoms with Crippen molar-refractivity contribution in [1.29, 1.82) is 0 Å². The van der Waals surface area contributed by atoms with Crippen LogP contribution in [0.3, 0.4) is 0 Å². The summed E-state index contributed by atoms with van der Waals surface area (Å²) in [5, 5.41) is 7.19. The predicted molar refractivity (Wildman–Crippen MR) is 148 cm³/mol. The molecule has 1 aliphatic carbocycles. The molecule has 208 valence electrons. The Hall–Kier alpha value is -3.41. The van der Waals surface area contributed by atoms with E-state index in [9.17, 15) is 18.0 Å². The van der Waals surface area contributed by atoms with Gasteiger partial charge in [-0.05, 0) is 44.4 Å². The Bertz CT molecular complexity index is 1420. The van der Waals surface area contributed by atoms with Gasteiger partial charge in [0.05, 0.1) is 12.4 Å². The predicted octanol–water partition coefficient (Wildman–Crippen LogP) is 3.11. The van der Waals surface area contributed by atoms with E-state index < -0.39 is 21.8 Å². The fourth-order valence-corrected chi connectivity index (χ4v) is 5.11. The second-order valence-electron chi connectivity index (χ2n) is 10.0. The number of nitrogens with one attached hydrogen (secondary N) is 1. The highest BCUT2D eigenvalue weighted by molar-refractivity contribution is 7.85. The van der Waals surface area contributed by atoms with Crippen molar-refractivity contribution in [3.8, 4) is 22.5 Å². The number of hydrogen-bond acceptors (Lipinski definition) is 7. The second-order valence-corrected chi connectivity index (χ2v) is 11.6. The number of rotatable bonds is 11. The Morgan fingerprint density at radius 1 is 1.00 bits per heavy atom. The van der Waals surface area contributed by atoms with Crippen LogP contribution in [0.25, 0.3) is 22.5 Å². The summed E-state index contributed by atoms with van der Waals surface area (Å²) in [6, 6.07) is 17.7. The number of ether oxygens (including phenoxy) is 1. The molecule has 0 spiro atoms. The van der Waals surface area contributed by atoms with E-state index in [0.29, 0.717) is 30.5 Å². The molecule has 11 heteroatoms. The first-order valence-electron chi connectivity index (χ1n) is 13.1. The fourth-order valence-electron chi connectivity index (χ4n) is 4.75. The van der Waals surface area contributed by atoms with Crippen molar-refractivity contribution in [2.45, 2.75) is 39.2 Å². The standard InChI is InChI=1S/C28H34N4O6S/c1-20-7-13-24(14-8-20)27-26(23-5-3-2-4-6-23)30-28(34)32(31-27)17-21-9-11-22(12-10-21)18-38-19-25(33)29-15-16-39(35,36)37/h2-8,13-14,21-22H,9-12,15-19H2,1H3,(H,29,33)(H,35,36,37). The molecule has 2 aromatic carbocycles. The summed E-state index contributed by atoms with van der Waals surface area (Å²) in [5.41, 5.74) is 3.78. The average molecular weight is 555 g/mol. The third-order valence-corrected chi connectivity index (χ3v) is 7.63. The third-order valence-electron chi connectivity index (χ3n) is 6.91. The zero-order chi connectivity index (χ0) is 27.8. The van der Waals surface area contributed by atoms with Crippen molar-refractivity contribution in [3.05, 3.63) is 70.6 Å². The normalized spacial score (nSPS) is 17.6. The summed E-state index contributed by atoms with van der Waals surface area (Å²) in [6.07, 6.45) is 3.63. The van der Waals surface area contributed by atoms with Crippen molar-refractivity contribution < 1.29 is 22.5 Å². The van der Waals surface area contributed by atoms with E-state index in [2.05, 4.69) is 10.3 Å². The van der Waals surface area contributed by atoms with Gasteiger partial charge < -0.3 is 10.1 Å². The number of nitrogens with zero attached hydrogens (tertiary/aromatic N) is 3. The van der Waals surface area contributed by atoms with Crippen molar-refractivity contribution in [1.82, 2.24) is 20.1 Å². The SMILES string of the molecule is Cc1ccc(-c2nn(CC3CCC(COCC(=O)NCCS(=O)(=O)O)CC3)c(=O)nc2-c2ccccc2)cc1. The molecule has 0 atom stereocenters. The topological polar surface area (TPSA) is 140 Å². The van der Waals surface area contributed by atoms with E-state index in [-0.39, 0.29) is 24.8 Å². The largest absolute Gasteiger partial charge is 0.371 e. The highest BCUT2D eigenvalue weighted by Gasteiger charge is 2.24. The van der Waals surface area contributed by atoms with Crippen LogP contribution in [-0.2, 0) is 26.2 Å². The molecule has 0 aliphatic heterocycles. The van der Waals surface area contributed by atoms with Crippen LogP contribution < -0.4 is 11.0 Å². The summed E-state index contributed by atoms with van der Waals surface area (Å²) >= 11 is 0. The molecule has 1 aliphatic rings. The number of aromatic nitrogens is 3. The molecule has 4 rings (SSSR count). The molecule has 1 amide bonds. The average Bonchev–Trinajstić information content (AvgIpc) is 2.91. The minimum atomic E-state index is -4.11. The summed E-state index contributed by atoms with van der Waals surface area (Å²) in [4.78, 5) is 29.2. The van der Waals surface area contributed by atoms with Gasteiger partial charge in [0.15, 0.2) is 0 Å². The maximum atomic E-state index is 13.0. The number of benzene rings is 2. The maximum Gasteiger partial charge on any atom is 0.364 e. The minimum Gasteiger partial charge on any atom is -0.371 e. The van der Waals surface area contributed by atoms with Crippen LogP contribution in [0.1, 0.15) is 31.2 Å². The van der Waals surface area contributed by atoms with Gasteiger partial charge in [-0.3, -0.25) is 9.35 Å². The summed E-state index contributed by atoms with van der Waals surface area (Å²) in [7, 11) is -4.11. The molecule has 1 aromatic heterocycles. The van der Waals surface area contributed by atoms with Crippen molar-refractivity contribution >= 4 is 16.0 Å². The molecule has 0 bridgehead atoms. The van der Waals surface area contributed by atoms with Crippen LogP contribution in [0.2, 0.25) is 0 Å². The van der Waals surface area contributed by atoms with E-state index in [1.807, 2.05) is 61.5 Å². The third kappa shape index (κ3) is 8.54. The lowest BCUT2D eigenvalue weighted by atomic mass is 9.82. The Kier molecular flexibility index (Phi) is 9.60. The number of aryl methyl sites for hydroxylation is 1. The van der Waals surface area contributed by atoms with Crippen molar-refractivity contribution in [3.63, 3.8) is 0 Å². The van der Waals surface area contributed by atoms with Crippen LogP contribution in [0, 0.1) is 18.8 Å². The van der Waals surface area contributed by atoms with Crippen LogP contribution in [0.5, 0.6) is 0 Å². The molecule has 39 heavy (non-hydrogen) atoms. The first-order chi connectivity index (χ1) is 18.7. The Morgan fingerprint density at radius 3 is 2.31 bits per heavy atom. The van der Waals surface area contributed by atoms with Gasteiger partial charge >= 0.3 is 5.69 Å². The van der Waals surface area contributed by atoms with Gasteiger partial charge in [0.1, 0.15) is 18.0 Å². The monoisotopic (exact) mass is 554 g/mol. The first kappa shape index (κ1) is 28.6.